The van der Waals surface area contributed by atoms with E-state index in [4.69, 9.17) is 9.52 Å². The molecule has 164 valence electrons. The van der Waals surface area contributed by atoms with Crippen molar-refractivity contribution in [2.24, 2.45) is 5.92 Å². The summed E-state index contributed by atoms with van der Waals surface area (Å²) in [6, 6.07) is 15.9. The number of aromatic nitrogens is 1. The Morgan fingerprint density at radius 1 is 1.09 bits per heavy atom. The van der Waals surface area contributed by atoms with Crippen LogP contribution in [0.25, 0.3) is 11.5 Å². The molecule has 0 amide bonds. The second-order valence-corrected chi connectivity index (χ2v) is 9.37. The van der Waals surface area contributed by atoms with Crippen LogP contribution >= 0.6 is 0 Å². The molecule has 2 unspecified atom stereocenters. The van der Waals surface area contributed by atoms with Crippen molar-refractivity contribution in [3.8, 4) is 11.5 Å². The summed E-state index contributed by atoms with van der Waals surface area (Å²) in [6.07, 6.45) is 3.13. The van der Waals surface area contributed by atoms with Crippen LogP contribution in [0.1, 0.15) is 53.7 Å². The molecule has 0 saturated heterocycles. The summed E-state index contributed by atoms with van der Waals surface area (Å²) >= 11 is 0. The lowest BCUT2D eigenvalue weighted by Gasteiger charge is -2.42. The predicted molar refractivity (Wildman–Crippen MR) is 117 cm³/mol. The summed E-state index contributed by atoms with van der Waals surface area (Å²) in [7, 11) is 0. The maximum Gasteiger partial charge on any atom is 0.306 e. The van der Waals surface area contributed by atoms with Gasteiger partial charge in [0, 0.05) is 31.1 Å². The molecule has 6 rings (SSSR count). The number of benzene rings is 2. The van der Waals surface area contributed by atoms with Crippen LogP contribution in [0.4, 0.5) is 4.39 Å². The minimum absolute atomic E-state index is 0.196. The van der Waals surface area contributed by atoms with E-state index < -0.39 is 5.97 Å². The van der Waals surface area contributed by atoms with E-state index in [1.165, 1.54) is 5.56 Å². The van der Waals surface area contributed by atoms with E-state index in [9.17, 15) is 9.18 Å². The van der Waals surface area contributed by atoms with Gasteiger partial charge in [-0.1, -0.05) is 36.4 Å². The largest absolute Gasteiger partial charge is 0.481 e. The average molecular weight is 432 g/mol. The molecule has 32 heavy (non-hydrogen) atoms. The van der Waals surface area contributed by atoms with Gasteiger partial charge in [-0.3, -0.25) is 9.69 Å². The third-order valence-corrected chi connectivity index (χ3v) is 7.40. The minimum atomic E-state index is -0.700. The van der Waals surface area contributed by atoms with E-state index in [1.807, 2.05) is 30.3 Å². The first-order valence-electron chi connectivity index (χ1n) is 11.4. The van der Waals surface area contributed by atoms with E-state index in [2.05, 4.69) is 22.0 Å². The molecule has 1 aliphatic heterocycles. The number of fused-ring (bicyclic) bond motifs is 1. The fourth-order valence-electron chi connectivity index (χ4n) is 5.31. The Balaban J connectivity index is 1.16. The first kappa shape index (κ1) is 19.7. The molecular weight excluding hydrogens is 407 g/mol. The lowest BCUT2D eigenvalue weighted by molar-refractivity contribution is -0.147. The van der Waals surface area contributed by atoms with Gasteiger partial charge in [0.1, 0.15) is 11.6 Å². The van der Waals surface area contributed by atoms with E-state index in [1.54, 1.807) is 6.07 Å². The molecule has 0 spiro atoms. The van der Waals surface area contributed by atoms with Crippen LogP contribution in [0.2, 0.25) is 0 Å². The smallest absolute Gasteiger partial charge is 0.306 e. The Kier molecular flexibility index (Phi) is 4.65. The Morgan fingerprint density at radius 3 is 2.66 bits per heavy atom. The van der Waals surface area contributed by atoms with Gasteiger partial charge in [0.2, 0.25) is 5.89 Å². The summed E-state index contributed by atoms with van der Waals surface area (Å²) in [5.74, 6) is 0.839. The molecule has 0 radical (unpaired) electrons. The highest BCUT2D eigenvalue weighted by atomic mass is 19.1. The molecule has 1 N–H and O–H groups in total. The molecule has 5 nitrogen and oxygen atoms in total. The highest BCUT2D eigenvalue weighted by molar-refractivity contribution is 5.71. The number of aliphatic carboxylic acids is 1. The Hall–Kier alpha value is -2.99. The molecule has 0 bridgehead atoms. The molecule has 2 saturated carbocycles. The van der Waals surface area contributed by atoms with Crippen molar-refractivity contribution >= 4 is 5.97 Å². The van der Waals surface area contributed by atoms with E-state index in [0.29, 0.717) is 42.8 Å². The molecule has 6 heteroatoms. The van der Waals surface area contributed by atoms with Crippen molar-refractivity contribution in [2.75, 3.05) is 6.54 Å². The molecule has 3 aromatic rings. The number of nitrogens with zero attached hydrogens (tertiary/aromatic N) is 2. The molecule has 1 aromatic heterocycles. The second-order valence-electron chi connectivity index (χ2n) is 9.37. The third kappa shape index (κ3) is 3.43. The van der Waals surface area contributed by atoms with Gasteiger partial charge < -0.3 is 9.52 Å². The van der Waals surface area contributed by atoms with Crippen molar-refractivity contribution in [3.63, 3.8) is 0 Å². The van der Waals surface area contributed by atoms with Gasteiger partial charge in [-0.25, -0.2) is 9.37 Å². The van der Waals surface area contributed by atoms with E-state index >= 15 is 0 Å². The Bertz CT molecular complexity index is 1170. The topological polar surface area (TPSA) is 66.6 Å². The number of rotatable bonds is 5. The van der Waals surface area contributed by atoms with Crippen molar-refractivity contribution in [3.05, 3.63) is 76.9 Å². The molecule has 2 atom stereocenters. The summed E-state index contributed by atoms with van der Waals surface area (Å²) in [4.78, 5) is 18.0. The normalized spacial score (nSPS) is 26.9. The third-order valence-electron chi connectivity index (χ3n) is 7.40. The van der Waals surface area contributed by atoms with Crippen LogP contribution in [0.3, 0.4) is 0 Å². The molecule has 2 heterocycles. The first-order valence-corrected chi connectivity index (χ1v) is 11.4. The zero-order valence-electron chi connectivity index (χ0n) is 17.7. The number of hydrogen-bond donors (Lipinski definition) is 1. The van der Waals surface area contributed by atoms with E-state index in [0.717, 1.165) is 36.4 Å². The van der Waals surface area contributed by atoms with Crippen LogP contribution in [0.5, 0.6) is 0 Å². The van der Waals surface area contributed by atoms with Crippen LogP contribution in [0, 0.1) is 11.7 Å². The van der Waals surface area contributed by atoms with Gasteiger partial charge in [0.25, 0.3) is 0 Å². The van der Waals surface area contributed by atoms with Crippen molar-refractivity contribution in [1.29, 1.82) is 0 Å². The van der Waals surface area contributed by atoms with Crippen molar-refractivity contribution in [2.45, 2.75) is 50.1 Å². The average Bonchev–Trinajstić information content (AvgIpc) is 3.43. The minimum Gasteiger partial charge on any atom is -0.481 e. The maximum absolute atomic E-state index is 15.0. The Morgan fingerprint density at radius 2 is 1.91 bits per heavy atom. The van der Waals surface area contributed by atoms with Gasteiger partial charge in [-0.05, 0) is 54.4 Å². The summed E-state index contributed by atoms with van der Waals surface area (Å²) in [6.45, 7) is 1.51. The number of oxazole rings is 1. The van der Waals surface area contributed by atoms with E-state index in [-0.39, 0.29) is 17.7 Å². The standard InChI is InChI=1S/C26H25FN2O3/c27-22-12-16(6-7-19(22)21-13-20(21)15-4-2-1-3-5-15)25-28-23-14-29(9-8-24(23)32-25)18-10-17(11-18)26(30)31/h1-7,12,17-18,20-21H,8-11,13-14H2,(H,30,31). The summed E-state index contributed by atoms with van der Waals surface area (Å²) < 4.78 is 21.0. The number of carbonyl (C=O) groups is 1. The van der Waals surface area contributed by atoms with Gasteiger partial charge in [0.15, 0.2) is 0 Å². The monoisotopic (exact) mass is 432 g/mol. The van der Waals surface area contributed by atoms with Crippen molar-refractivity contribution in [1.82, 2.24) is 9.88 Å². The van der Waals surface area contributed by atoms with Crippen molar-refractivity contribution < 1.29 is 18.7 Å². The summed E-state index contributed by atoms with van der Waals surface area (Å²) in [5.41, 5.74) is 3.59. The number of halogens is 1. The first-order chi connectivity index (χ1) is 15.6. The molecule has 3 aliphatic rings. The number of carboxylic acids is 1. The van der Waals surface area contributed by atoms with Crippen LogP contribution < -0.4 is 0 Å². The van der Waals surface area contributed by atoms with Gasteiger partial charge in [0.05, 0.1) is 11.6 Å². The highest BCUT2D eigenvalue weighted by Crippen LogP contribution is 2.55. The second kappa shape index (κ2) is 7.55. The Labute approximate surface area is 185 Å². The number of hydrogen-bond acceptors (Lipinski definition) is 4. The fourth-order valence-corrected chi connectivity index (χ4v) is 5.31. The fraction of sp³-hybridized carbons (Fsp3) is 0.385. The van der Waals surface area contributed by atoms with Gasteiger partial charge >= 0.3 is 5.97 Å². The molecular formula is C26H25FN2O3. The van der Waals surface area contributed by atoms with Crippen LogP contribution in [0.15, 0.2) is 52.9 Å². The van der Waals surface area contributed by atoms with Crippen LogP contribution in [-0.4, -0.2) is 33.5 Å². The molecule has 2 aliphatic carbocycles. The lowest BCUT2D eigenvalue weighted by atomic mass is 9.79. The predicted octanol–water partition coefficient (Wildman–Crippen LogP) is 4.97. The number of carboxylic acid groups (broad SMARTS) is 1. The zero-order chi connectivity index (χ0) is 21.8. The van der Waals surface area contributed by atoms with Crippen LogP contribution in [-0.2, 0) is 17.8 Å². The molecule has 2 aromatic carbocycles. The quantitative estimate of drug-likeness (QED) is 0.616. The zero-order valence-corrected chi connectivity index (χ0v) is 17.7. The van der Waals surface area contributed by atoms with Gasteiger partial charge in [-0.15, -0.1) is 0 Å². The maximum atomic E-state index is 15.0. The highest BCUT2D eigenvalue weighted by Gasteiger charge is 2.41. The SMILES string of the molecule is O=C(O)C1CC(N2CCc3oc(-c4ccc(C5CC5c5ccccc5)c(F)c4)nc3C2)C1. The molecule has 2 fully saturated rings. The lowest BCUT2D eigenvalue weighted by Crippen LogP contribution is -2.48. The summed E-state index contributed by atoms with van der Waals surface area (Å²) in [5, 5.41) is 9.11. The van der Waals surface area contributed by atoms with Gasteiger partial charge in [-0.2, -0.15) is 0 Å².